The smallest absolute Gasteiger partial charge is 0.456 e. The first-order chi connectivity index (χ1) is 5.65. The van der Waals surface area contributed by atoms with Crippen molar-refractivity contribution in [2.45, 2.75) is 0 Å². The third kappa shape index (κ3) is 1.39. The summed E-state index contributed by atoms with van der Waals surface area (Å²) in [5.74, 6) is -1.36. The molecule has 64 valence electrons. The predicted octanol–water partition coefficient (Wildman–Crippen LogP) is 0.369. The molecule has 1 aromatic heterocycles. The molecule has 0 aliphatic rings. The highest BCUT2D eigenvalue weighted by molar-refractivity contribution is 5.87. The van der Waals surface area contributed by atoms with Crippen LogP contribution < -0.4 is 0 Å². The maximum absolute atomic E-state index is 10.7. The van der Waals surface area contributed by atoms with Gasteiger partial charge >= 0.3 is 11.9 Å². The molecule has 1 heterocycles. The summed E-state index contributed by atoms with van der Waals surface area (Å²) in [6, 6.07) is 0.895. The van der Waals surface area contributed by atoms with E-state index in [-0.39, 0.29) is 5.69 Å². The van der Waals surface area contributed by atoms with Crippen molar-refractivity contribution in [3.8, 4) is 0 Å². The molecule has 0 saturated heterocycles. The van der Waals surface area contributed by atoms with E-state index in [9.17, 15) is 14.9 Å². The molecule has 0 aliphatic heterocycles. The van der Waals surface area contributed by atoms with Crippen LogP contribution in [0, 0.1) is 10.1 Å². The van der Waals surface area contributed by atoms with Crippen LogP contribution in [0.15, 0.2) is 10.6 Å². The number of rotatable bonds is 2. The lowest BCUT2D eigenvalue weighted by atomic mass is 10.4. The molecule has 0 radical (unpaired) electrons. The minimum Gasteiger partial charge on any atom is -0.464 e. The van der Waals surface area contributed by atoms with E-state index in [2.05, 4.69) is 14.4 Å². The number of hydrogen-bond acceptors (Lipinski definition) is 6. The maximum atomic E-state index is 10.7. The number of nitro groups is 1. The molecule has 0 atom stereocenters. The average molecular weight is 172 g/mol. The predicted molar refractivity (Wildman–Crippen MR) is 34.5 cm³/mol. The molecule has 0 unspecified atom stereocenters. The zero-order valence-corrected chi connectivity index (χ0v) is 6.01. The van der Waals surface area contributed by atoms with Crippen LogP contribution >= 0.6 is 0 Å². The van der Waals surface area contributed by atoms with Gasteiger partial charge in [0, 0.05) is 0 Å². The fourth-order valence-corrected chi connectivity index (χ4v) is 0.552. The second kappa shape index (κ2) is 2.99. The summed E-state index contributed by atoms with van der Waals surface area (Å²) < 4.78 is 8.44. The van der Waals surface area contributed by atoms with Crippen molar-refractivity contribution in [2.24, 2.45) is 0 Å². The Labute approximate surface area is 66.1 Å². The molecule has 1 rings (SSSR count). The van der Waals surface area contributed by atoms with Gasteiger partial charge in [-0.1, -0.05) is 5.16 Å². The molecule has 0 aliphatic carbocycles. The number of ether oxygens (including phenoxy) is 1. The Balaban J connectivity index is 2.91. The highest BCUT2D eigenvalue weighted by Gasteiger charge is 2.19. The van der Waals surface area contributed by atoms with E-state index in [4.69, 9.17) is 0 Å². The monoisotopic (exact) mass is 172 g/mol. The summed E-state index contributed by atoms with van der Waals surface area (Å²) in [7, 11) is 1.14. The quantitative estimate of drug-likeness (QED) is 0.363. The van der Waals surface area contributed by atoms with Gasteiger partial charge in [-0.25, -0.2) is 4.79 Å². The number of methoxy groups -OCH3 is 1. The molecule has 0 bridgehead atoms. The minimum absolute atomic E-state index is 0.218. The molecule has 7 nitrogen and oxygen atoms in total. The molecular weight excluding hydrogens is 168 g/mol. The number of nitrogens with zero attached hydrogens (tertiary/aromatic N) is 2. The Kier molecular flexibility index (Phi) is 2.04. The Bertz CT molecular complexity index is 317. The van der Waals surface area contributed by atoms with Crippen LogP contribution in [-0.2, 0) is 4.74 Å². The van der Waals surface area contributed by atoms with Gasteiger partial charge in [-0.15, -0.1) is 0 Å². The molecule has 0 N–H and O–H groups in total. The highest BCUT2D eigenvalue weighted by atomic mass is 16.7. The Morgan fingerprint density at radius 2 is 2.50 bits per heavy atom. The third-order valence-electron chi connectivity index (χ3n) is 1.07. The standard InChI is InChI=1S/C5H4N2O5/c1-11-5(8)3-2-4(7(9)10)12-6-3/h2H,1H3. The van der Waals surface area contributed by atoms with Crippen molar-refractivity contribution in [1.29, 1.82) is 0 Å². The van der Waals surface area contributed by atoms with Gasteiger partial charge in [0.2, 0.25) is 0 Å². The molecular formula is C5H4N2O5. The number of hydrogen-bond donors (Lipinski definition) is 0. The summed E-state index contributed by atoms with van der Waals surface area (Å²) in [4.78, 5) is 19.9. The van der Waals surface area contributed by atoms with Crippen LogP contribution in [0.25, 0.3) is 0 Å². The zero-order valence-electron chi connectivity index (χ0n) is 6.01. The van der Waals surface area contributed by atoms with Crippen molar-refractivity contribution < 1.29 is 19.0 Å². The minimum atomic E-state index is -0.792. The average Bonchev–Trinajstić information content (AvgIpc) is 2.51. The first-order valence-corrected chi connectivity index (χ1v) is 2.84. The third-order valence-corrected chi connectivity index (χ3v) is 1.07. The van der Waals surface area contributed by atoms with Crippen molar-refractivity contribution in [1.82, 2.24) is 5.16 Å². The van der Waals surface area contributed by atoms with E-state index < -0.39 is 16.8 Å². The maximum Gasteiger partial charge on any atom is 0.456 e. The van der Waals surface area contributed by atoms with Crippen LogP contribution in [0.1, 0.15) is 10.5 Å². The topological polar surface area (TPSA) is 95.5 Å². The number of aromatic nitrogens is 1. The molecule has 7 heteroatoms. The fraction of sp³-hybridized carbons (Fsp3) is 0.200. The molecule has 12 heavy (non-hydrogen) atoms. The number of carbonyl (C=O) groups excluding carboxylic acids is 1. The van der Waals surface area contributed by atoms with Crippen LogP contribution in [-0.4, -0.2) is 23.2 Å². The van der Waals surface area contributed by atoms with Crippen molar-refractivity contribution >= 4 is 11.9 Å². The summed E-state index contributed by atoms with van der Waals surface area (Å²) in [6.07, 6.45) is 0. The van der Waals surface area contributed by atoms with Gasteiger partial charge in [-0.05, 0) is 0 Å². The summed E-state index contributed by atoms with van der Waals surface area (Å²) in [5.41, 5.74) is -0.218. The van der Waals surface area contributed by atoms with Gasteiger partial charge in [-0.3, -0.25) is 14.6 Å². The molecule has 0 aromatic carbocycles. The molecule has 0 saturated carbocycles. The van der Waals surface area contributed by atoms with Gasteiger partial charge in [0.05, 0.1) is 13.2 Å². The Morgan fingerprint density at radius 3 is 2.92 bits per heavy atom. The summed E-state index contributed by atoms with van der Waals surface area (Å²) in [5, 5.41) is 13.2. The van der Waals surface area contributed by atoms with Crippen molar-refractivity contribution in [3.05, 3.63) is 21.9 Å². The molecule has 0 fully saturated rings. The summed E-state index contributed by atoms with van der Waals surface area (Å²) >= 11 is 0. The van der Waals surface area contributed by atoms with E-state index in [0.717, 1.165) is 13.2 Å². The molecule has 1 aromatic rings. The van der Waals surface area contributed by atoms with Gasteiger partial charge in [0.1, 0.15) is 4.92 Å². The normalized spacial score (nSPS) is 9.42. The first-order valence-electron chi connectivity index (χ1n) is 2.84. The van der Waals surface area contributed by atoms with E-state index in [0.29, 0.717) is 0 Å². The molecule has 0 amide bonds. The van der Waals surface area contributed by atoms with Crippen LogP contribution in [0.2, 0.25) is 0 Å². The lowest BCUT2D eigenvalue weighted by Crippen LogP contribution is -2.00. The van der Waals surface area contributed by atoms with E-state index in [1.807, 2.05) is 0 Å². The summed E-state index contributed by atoms with van der Waals surface area (Å²) in [6.45, 7) is 0. The zero-order chi connectivity index (χ0) is 9.14. The van der Waals surface area contributed by atoms with Gasteiger partial charge in [0.15, 0.2) is 5.69 Å². The van der Waals surface area contributed by atoms with E-state index in [1.165, 1.54) is 0 Å². The molecule has 0 spiro atoms. The van der Waals surface area contributed by atoms with Crippen LogP contribution in [0.5, 0.6) is 0 Å². The second-order valence-electron chi connectivity index (χ2n) is 1.80. The van der Waals surface area contributed by atoms with Crippen molar-refractivity contribution in [3.63, 3.8) is 0 Å². The SMILES string of the molecule is COC(=O)c1cc([N+](=O)[O-])on1. The highest BCUT2D eigenvalue weighted by Crippen LogP contribution is 2.12. The Morgan fingerprint density at radius 1 is 1.83 bits per heavy atom. The lowest BCUT2D eigenvalue weighted by molar-refractivity contribution is -0.404. The second-order valence-corrected chi connectivity index (χ2v) is 1.80. The number of esters is 1. The van der Waals surface area contributed by atoms with E-state index in [1.54, 1.807) is 0 Å². The van der Waals surface area contributed by atoms with Crippen LogP contribution in [0.4, 0.5) is 5.88 Å². The van der Waals surface area contributed by atoms with Gasteiger partial charge in [0.25, 0.3) is 0 Å². The Hall–Kier alpha value is -1.92. The fourth-order valence-electron chi connectivity index (χ4n) is 0.552. The van der Waals surface area contributed by atoms with Crippen molar-refractivity contribution in [2.75, 3.05) is 7.11 Å². The lowest BCUT2D eigenvalue weighted by Gasteiger charge is -1.87. The first kappa shape index (κ1) is 8.18. The number of carbonyl (C=O) groups is 1. The largest absolute Gasteiger partial charge is 0.464 e. The van der Waals surface area contributed by atoms with Gasteiger partial charge < -0.3 is 4.74 Å². The van der Waals surface area contributed by atoms with Crippen LogP contribution in [0.3, 0.4) is 0 Å². The van der Waals surface area contributed by atoms with E-state index >= 15 is 0 Å². The van der Waals surface area contributed by atoms with Gasteiger partial charge in [-0.2, -0.15) is 0 Å².